The zero-order valence-corrected chi connectivity index (χ0v) is 20.4. The van der Waals surface area contributed by atoms with E-state index in [9.17, 15) is 19.2 Å². The van der Waals surface area contributed by atoms with Crippen molar-refractivity contribution in [2.75, 3.05) is 6.54 Å². The zero-order valence-electron chi connectivity index (χ0n) is 20.4. The number of hydrogen-bond donors (Lipinski definition) is 2. The lowest BCUT2D eigenvalue weighted by molar-refractivity contribution is -0.136. The van der Waals surface area contributed by atoms with E-state index in [1.165, 1.54) is 0 Å². The number of Topliss-reactive ketones (excluding diaryl/α,β-unsaturated/α-hetero) is 1. The fraction of sp³-hybridized carbons (Fsp3) is 0.200. The summed E-state index contributed by atoms with van der Waals surface area (Å²) in [5, 5.41) is 0. The summed E-state index contributed by atoms with van der Waals surface area (Å²) in [6.45, 7) is 1.36. The maximum absolute atomic E-state index is 12.9. The molecule has 1 saturated heterocycles. The van der Waals surface area contributed by atoms with Gasteiger partial charge in [0.25, 0.3) is 5.91 Å². The monoisotopic (exact) mass is 495 g/mol. The van der Waals surface area contributed by atoms with Gasteiger partial charge < -0.3 is 16.4 Å². The topological polar surface area (TPSA) is 124 Å². The Bertz CT molecular complexity index is 1350. The number of rotatable bonds is 10. The van der Waals surface area contributed by atoms with Gasteiger partial charge in [-0.05, 0) is 46.7 Å². The minimum absolute atomic E-state index is 0.176. The number of primary amides is 2. The highest BCUT2D eigenvalue weighted by molar-refractivity contribution is 6.37. The molecule has 1 aliphatic rings. The molecule has 0 bridgehead atoms. The molecule has 1 atom stereocenters. The van der Waals surface area contributed by atoms with E-state index in [2.05, 4.69) is 0 Å². The molecule has 0 radical (unpaired) electrons. The summed E-state index contributed by atoms with van der Waals surface area (Å²) in [5.41, 5.74) is 15.0. The van der Waals surface area contributed by atoms with E-state index >= 15 is 0 Å². The maximum Gasteiger partial charge on any atom is 0.285 e. The van der Waals surface area contributed by atoms with Crippen molar-refractivity contribution in [1.29, 1.82) is 0 Å². The normalized spacial score (nSPS) is 14.2. The Kier molecular flexibility index (Phi) is 7.93. The second-order valence-electron chi connectivity index (χ2n) is 9.14. The Balaban J connectivity index is 1.67. The highest BCUT2D eigenvalue weighted by atomic mass is 16.2. The van der Waals surface area contributed by atoms with Crippen LogP contribution in [0.4, 0.5) is 0 Å². The van der Waals surface area contributed by atoms with Crippen LogP contribution in [0.3, 0.4) is 0 Å². The maximum atomic E-state index is 12.9. The van der Waals surface area contributed by atoms with Crippen molar-refractivity contribution in [1.82, 2.24) is 4.90 Å². The molecule has 7 heteroatoms. The van der Waals surface area contributed by atoms with Crippen LogP contribution in [0.25, 0.3) is 12.2 Å². The largest absolute Gasteiger partial charge is 0.366 e. The van der Waals surface area contributed by atoms with Crippen LogP contribution >= 0.6 is 0 Å². The molecule has 0 aromatic heterocycles. The van der Waals surface area contributed by atoms with Crippen molar-refractivity contribution in [3.8, 4) is 0 Å². The molecule has 3 aromatic rings. The van der Waals surface area contributed by atoms with E-state index in [0.717, 1.165) is 29.7 Å². The Morgan fingerprint density at radius 2 is 1.59 bits per heavy atom. The first-order valence-corrected chi connectivity index (χ1v) is 12.2. The third-order valence-electron chi connectivity index (χ3n) is 6.59. The van der Waals surface area contributed by atoms with Gasteiger partial charge >= 0.3 is 0 Å². The van der Waals surface area contributed by atoms with Crippen molar-refractivity contribution in [2.45, 2.75) is 31.7 Å². The van der Waals surface area contributed by atoms with Gasteiger partial charge in [0, 0.05) is 25.1 Å². The van der Waals surface area contributed by atoms with E-state index in [1.54, 1.807) is 24.3 Å². The molecule has 0 spiro atoms. The molecule has 4 N–H and O–H groups in total. The van der Waals surface area contributed by atoms with E-state index < -0.39 is 23.5 Å². The molecule has 4 rings (SSSR count). The molecule has 0 saturated carbocycles. The molecule has 1 fully saturated rings. The molecule has 7 nitrogen and oxygen atoms in total. The highest BCUT2D eigenvalue weighted by Crippen LogP contribution is 2.29. The van der Waals surface area contributed by atoms with Crippen molar-refractivity contribution in [2.24, 2.45) is 11.5 Å². The first-order valence-electron chi connectivity index (χ1n) is 12.2. The molecule has 37 heavy (non-hydrogen) atoms. The van der Waals surface area contributed by atoms with Gasteiger partial charge in [0.05, 0.1) is 5.92 Å². The van der Waals surface area contributed by atoms with Gasteiger partial charge in [-0.3, -0.25) is 19.2 Å². The Labute approximate surface area is 215 Å². The van der Waals surface area contributed by atoms with Crippen molar-refractivity contribution in [3.63, 3.8) is 0 Å². The first kappa shape index (κ1) is 25.6. The second-order valence-corrected chi connectivity index (χ2v) is 9.14. The van der Waals surface area contributed by atoms with Crippen LogP contribution in [0.15, 0.2) is 72.8 Å². The van der Waals surface area contributed by atoms with Crippen LogP contribution in [-0.4, -0.2) is 34.9 Å². The molecule has 1 aliphatic heterocycles. The third-order valence-corrected chi connectivity index (χ3v) is 6.59. The summed E-state index contributed by atoms with van der Waals surface area (Å²) < 4.78 is 0. The van der Waals surface area contributed by atoms with Gasteiger partial charge in [0.2, 0.25) is 17.6 Å². The molecule has 0 aliphatic carbocycles. The molecule has 188 valence electrons. The van der Waals surface area contributed by atoms with Crippen LogP contribution < -0.4 is 11.5 Å². The van der Waals surface area contributed by atoms with Gasteiger partial charge in [-0.25, -0.2) is 0 Å². The molecule has 3 amide bonds. The number of carbonyl (C=O) groups excluding carboxylic acids is 4. The molecular formula is C30H29N3O4. The lowest BCUT2D eigenvalue weighted by Gasteiger charge is -2.19. The fourth-order valence-electron chi connectivity index (χ4n) is 4.66. The molecular weight excluding hydrogens is 466 g/mol. The van der Waals surface area contributed by atoms with Gasteiger partial charge in [0.15, 0.2) is 0 Å². The second kappa shape index (κ2) is 11.5. The summed E-state index contributed by atoms with van der Waals surface area (Å²) >= 11 is 0. The van der Waals surface area contributed by atoms with E-state index in [-0.39, 0.29) is 17.9 Å². The number of likely N-dealkylation sites (tertiary alicyclic amines) is 1. The Morgan fingerprint density at radius 1 is 0.865 bits per heavy atom. The predicted molar refractivity (Wildman–Crippen MR) is 142 cm³/mol. The van der Waals surface area contributed by atoms with Crippen molar-refractivity contribution in [3.05, 3.63) is 106 Å². The van der Waals surface area contributed by atoms with Gasteiger partial charge in [-0.2, -0.15) is 0 Å². The molecule has 1 unspecified atom stereocenters. The predicted octanol–water partition coefficient (Wildman–Crippen LogP) is 3.46. The van der Waals surface area contributed by atoms with E-state index in [1.807, 2.05) is 65.6 Å². The SMILES string of the molecule is NC(=O)C(=O)C(Cc1ccccc1)c1cccc(C(N)=O)c1/C=C/c1ccc(CN2CCCC2=O)cc1. The van der Waals surface area contributed by atoms with Crippen molar-refractivity contribution >= 4 is 35.7 Å². The van der Waals surface area contributed by atoms with Crippen LogP contribution in [0.1, 0.15) is 56.9 Å². The van der Waals surface area contributed by atoms with E-state index in [0.29, 0.717) is 24.1 Å². The van der Waals surface area contributed by atoms with Crippen molar-refractivity contribution < 1.29 is 19.2 Å². The number of hydrogen-bond acceptors (Lipinski definition) is 4. The molecule has 3 aromatic carbocycles. The van der Waals surface area contributed by atoms with E-state index in [4.69, 9.17) is 11.5 Å². The van der Waals surface area contributed by atoms with Gasteiger partial charge in [-0.15, -0.1) is 0 Å². The summed E-state index contributed by atoms with van der Waals surface area (Å²) in [4.78, 5) is 50.9. The summed E-state index contributed by atoms with van der Waals surface area (Å²) in [6, 6.07) is 22.0. The highest BCUT2D eigenvalue weighted by Gasteiger charge is 2.28. The standard InChI is InChI=1S/C30H29N3O4/c31-29(36)25-9-4-8-23(26(28(35)30(32)37)18-21-6-2-1-3-7-21)24(25)16-15-20-11-13-22(14-12-20)19-33-17-5-10-27(33)34/h1-4,6-9,11-16,26H,5,10,17-19H2,(H2,31,36)(H2,32,37)/b16-15+. The van der Waals surface area contributed by atoms with Gasteiger partial charge in [0.1, 0.15) is 0 Å². The average Bonchev–Trinajstić information content (AvgIpc) is 3.30. The lowest BCUT2D eigenvalue weighted by atomic mass is 9.83. The molecule has 1 heterocycles. The average molecular weight is 496 g/mol. The summed E-state index contributed by atoms with van der Waals surface area (Å²) in [5.74, 6) is -3.11. The number of amides is 3. The minimum Gasteiger partial charge on any atom is -0.366 e. The van der Waals surface area contributed by atoms with Gasteiger partial charge in [-0.1, -0.05) is 78.9 Å². The first-order chi connectivity index (χ1) is 17.8. The minimum atomic E-state index is -1.03. The third kappa shape index (κ3) is 6.19. The Hall–Kier alpha value is -4.52. The smallest absolute Gasteiger partial charge is 0.285 e. The Morgan fingerprint density at radius 3 is 2.22 bits per heavy atom. The number of carbonyl (C=O) groups is 4. The van der Waals surface area contributed by atoms with Crippen LogP contribution in [-0.2, 0) is 27.3 Å². The fourth-order valence-corrected chi connectivity index (χ4v) is 4.66. The van der Waals surface area contributed by atoms with Crippen LogP contribution in [0, 0.1) is 0 Å². The number of ketones is 1. The van der Waals surface area contributed by atoms with Crippen LogP contribution in [0.2, 0.25) is 0 Å². The quantitative estimate of drug-likeness (QED) is 0.330. The number of nitrogens with zero attached hydrogens (tertiary/aromatic N) is 1. The van der Waals surface area contributed by atoms with Crippen LogP contribution in [0.5, 0.6) is 0 Å². The zero-order chi connectivity index (χ0) is 26.4. The lowest BCUT2D eigenvalue weighted by Crippen LogP contribution is -2.30. The number of nitrogens with two attached hydrogens (primary N) is 2. The summed E-state index contributed by atoms with van der Waals surface area (Å²) in [6.07, 6.45) is 5.30. The summed E-state index contributed by atoms with van der Waals surface area (Å²) in [7, 11) is 0. The number of benzene rings is 3.